The molecule has 0 radical (unpaired) electrons. The van der Waals surface area contributed by atoms with Gasteiger partial charge in [0.05, 0.1) is 17.5 Å². The smallest absolute Gasteiger partial charge is 0.151 e. The summed E-state index contributed by atoms with van der Waals surface area (Å²) in [6, 6.07) is 10.8. The molecule has 2 heterocycles. The predicted molar refractivity (Wildman–Crippen MR) is 102 cm³/mol. The molecule has 0 bridgehead atoms. The van der Waals surface area contributed by atoms with Crippen LogP contribution in [0.4, 0.5) is 0 Å². The summed E-state index contributed by atoms with van der Waals surface area (Å²) < 4.78 is 26.0. The van der Waals surface area contributed by atoms with Crippen LogP contribution in [0.5, 0.6) is 0 Å². The molecular weight excluding hydrogens is 346 g/mol. The molecule has 0 N–H and O–H groups in total. The van der Waals surface area contributed by atoms with Crippen molar-refractivity contribution < 1.29 is 8.42 Å². The van der Waals surface area contributed by atoms with Crippen molar-refractivity contribution in [2.75, 3.05) is 11.5 Å². The van der Waals surface area contributed by atoms with E-state index in [2.05, 4.69) is 28.9 Å². The van der Waals surface area contributed by atoms with Crippen LogP contribution in [0.3, 0.4) is 0 Å². The number of aromatic nitrogens is 3. The van der Waals surface area contributed by atoms with Crippen molar-refractivity contribution in [3.63, 3.8) is 0 Å². The van der Waals surface area contributed by atoms with Gasteiger partial charge in [-0.1, -0.05) is 49.6 Å². The Labute approximate surface area is 155 Å². The van der Waals surface area contributed by atoms with Crippen LogP contribution < -0.4 is 0 Å². The quantitative estimate of drug-likeness (QED) is 0.805. The summed E-state index contributed by atoms with van der Waals surface area (Å²) in [5.74, 6) is 2.31. The first-order valence-electron chi connectivity index (χ1n) is 9.80. The first-order chi connectivity index (χ1) is 12.6. The van der Waals surface area contributed by atoms with Gasteiger partial charge in [0.25, 0.3) is 0 Å². The van der Waals surface area contributed by atoms with Crippen molar-refractivity contribution >= 4 is 9.84 Å². The van der Waals surface area contributed by atoms with Gasteiger partial charge in [-0.3, -0.25) is 0 Å². The topological polar surface area (TPSA) is 64.8 Å². The van der Waals surface area contributed by atoms with E-state index in [0.29, 0.717) is 12.5 Å². The zero-order valence-electron chi connectivity index (χ0n) is 15.2. The summed E-state index contributed by atoms with van der Waals surface area (Å²) in [6.45, 7) is 0. The lowest BCUT2D eigenvalue weighted by Crippen LogP contribution is -2.19. The molecule has 0 spiro atoms. The zero-order chi connectivity index (χ0) is 18.0. The van der Waals surface area contributed by atoms with Crippen LogP contribution in [0.1, 0.15) is 67.7 Å². The van der Waals surface area contributed by atoms with Gasteiger partial charge in [-0.2, -0.15) is 5.10 Å². The SMILES string of the molecule is O=S1(=O)CC[C@H](c2nc(CCc3ccccc3)nn2C2CCCCC2)C1. The summed E-state index contributed by atoms with van der Waals surface area (Å²) in [4.78, 5) is 4.84. The summed E-state index contributed by atoms with van der Waals surface area (Å²) in [7, 11) is -2.92. The van der Waals surface area contributed by atoms with E-state index in [1.807, 2.05) is 6.07 Å². The largest absolute Gasteiger partial charge is 0.246 e. The minimum atomic E-state index is -2.92. The molecule has 6 heteroatoms. The lowest BCUT2D eigenvalue weighted by molar-refractivity contribution is 0.316. The van der Waals surface area contributed by atoms with Gasteiger partial charge in [0.15, 0.2) is 15.7 Å². The van der Waals surface area contributed by atoms with Crippen molar-refractivity contribution in [1.82, 2.24) is 14.8 Å². The molecule has 26 heavy (non-hydrogen) atoms. The molecular formula is C20H27N3O2S. The number of aryl methyl sites for hydroxylation is 2. The van der Waals surface area contributed by atoms with Crippen LogP contribution in [0.15, 0.2) is 30.3 Å². The second kappa shape index (κ2) is 7.51. The summed E-state index contributed by atoms with van der Waals surface area (Å²) in [5.41, 5.74) is 1.28. The monoisotopic (exact) mass is 373 g/mol. The standard InChI is InChI=1S/C20H27N3O2S/c24-26(25)14-13-17(15-26)20-21-19(12-11-16-7-3-1-4-8-16)22-23(20)18-9-5-2-6-10-18/h1,3-4,7-8,17-18H,2,5-6,9-15H2/t17-/m0/s1. The number of rotatable bonds is 5. The predicted octanol–water partition coefficient (Wildman–Crippen LogP) is 3.47. The van der Waals surface area contributed by atoms with Gasteiger partial charge in [0, 0.05) is 12.3 Å². The fraction of sp³-hybridized carbons (Fsp3) is 0.600. The van der Waals surface area contributed by atoms with Crippen molar-refractivity contribution in [2.45, 2.75) is 63.3 Å². The molecule has 1 aromatic carbocycles. The third-order valence-electron chi connectivity index (χ3n) is 5.70. The fourth-order valence-electron chi connectivity index (χ4n) is 4.26. The molecule has 5 nitrogen and oxygen atoms in total. The Bertz CT molecular complexity index is 839. The number of hydrogen-bond acceptors (Lipinski definition) is 4. The van der Waals surface area contributed by atoms with Crippen LogP contribution in [0, 0.1) is 0 Å². The van der Waals surface area contributed by atoms with Crippen LogP contribution in [-0.2, 0) is 22.7 Å². The first-order valence-corrected chi connectivity index (χ1v) is 11.6. The van der Waals surface area contributed by atoms with E-state index in [-0.39, 0.29) is 17.4 Å². The Morgan fingerprint density at radius 2 is 1.77 bits per heavy atom. The van der Waals surface area contributed by atoms with Gasteiger partial charge in [-0.15, -0.1) is 0 Å². The van der Waals surface area contributed by atoms with E-state index in [0.717, 1.165) is 37.3 Å². The number of nitrogens with zero attached hydrogens (tertiary/aromatic N) is 3. The molecule has 2 fully saturated rings. The Morgan fingerprint density at radius 3 is 2.46 bits per heavy atom. The molecule has 1 saturated carbocycles. The second-order valence-corrected chi connectivity index (χ2v) is 9.94. The van der Waals surface area contributed by atoms with Gasteiger partial charge in [-0.25, -0.2) is 18.1 Å². The summed E-state index contributed by atoms with van der Waals surface area (Å²) in [6.07, 6.45) is 8.42. The second-order valence-electron chi connectivity index (χ2n) is 7.71. The minimum Gasteiger partial charge on any atom is -0.246 e. The van der Waals surface area contributed by atoms with Crippen molar-refractivity contribution in [2.24, 2.45) is 0 Å². The van der Waals surface area contributed by atoms with E-state index in [1.165, 1.54) is 24.8 Å². The van der Waals surface area contributed by atoms with Crippen LogP contribution in [0.25, 0.3) is 0 Å². The number of benzene rings is 1. The summed E-state index contributed by atoms with van der Waals surface area (Å²) >= 11 is 0. The van der Waals surface area contributed by atoms with Crippen molar-refractivity contribution in [3.8, 4) is 0 Å². The maximum Gasteiger partial charge on any atom is 0.151 e. The van der Waals surface area contributed by atoms with Crippen LogP contribution in [-0.4, -0.2) is 34.7 Å². The molecule has 4 rings (SSSR count). The maximum atomic E-state index is 12.0. The first kappa shape index (κ1) is 17.7. The lowest BCUT2D eigenvalue weighted by atomic mass is 9.95. The molecule has 2 aromatic rings. The lowest BCUT2D eigenvalue weighted by Gasteiger charge is -2.24. The van der Waals surface area contributed by atoms with E-state index in [9.17, 15) is 8.42 Å². The molecule has 1 atom stereocenters. The normalized spacial score (nSPS) is 23.3. The Kier molecular flexibility index (Phi) is 5.11. The maximum absolute atomic E-state index is 12.0. The number of sulfone groups is 1. The molecule has 1 saturated heterocycles. The third kappa shape index (κ3) is 4.00. The Balaban J connectivity index is 1.57. The van der Waals surface area contributed by atoms with E-state index >= 15 is 0 Å². The third-order valence-corrected chi connectivity index (χ3v) is 7.47. The zero-order valence-corrected chi connectivity index (χ0v) is 16.0. The molecule has 140 valence electrons. The van der Waals surface area contributed by atoms with Gasteiger partial charge >= 0.3 is 0 Å². The Hall–Kier alpha value is -1.69. The average molecular weight is 374 g/mol. The molecule has 2 aliphatic rings. The Morgan fingerprint density at radius 1 is 1.00 bits per heavy atom. The highest BCUT2D eigenvalue weighted by Crippen LogP contribution is 2.34. The average Bonchev–Trinajstić information content (AvgIpc) is 3.24. The van der Waals surface area contributed by atoms with Gasteiger partial charge < -0.3 is 0 Å². The molecule has 1 aromatic heterocycles. The van der Waals surface area contributed by atoms with Gasteiger partial charge in [0.1, 0.15) is 5.82 Å². The van der Waals surface area contributed by atoms with E-state index in [4.69, 9.17) is 10.1 Å². The number of hydrogen-bond donors (Lipinski definition) is 0. The highest BCUT2D eigenvalue weighted by Gasteiger charge is 2.34. The summed E-state index contributed by atoms with van der Waals surface area (Å²) in [5, 5.41) is 4.85. The highest BCUT2D eigenvalue weighted by molar-refractivity contribution is 7.91. The van der Waals surface area contributed by atoms with E-state index in [1.54, 1.807) is 0 Å². The highest BCUT2D eigenvalue weighted by atomic mass is 32.2. The van der Waals surface area contributed by atoms with Crippen molar-refractivity contribution in [1.29, 1.82) is 0 Å². The van der Waals surface area contributed by atoms with Crippen LogP contribution in [0.2, 0.25) is 0 Å². The van der Waals surface area contributed by atoms with Crippen molar-refractivity contribution in [3.05, 3.63) is 47.5 Å². The fourth-order valence-corrected chi connectivity index (χ4v) is 6.00. The molecule has 0 amide bonds. The van der Waals surface area contributed by atoms with Gasteiger partial charge in [-0.05, 0) is 31.2 Å². The van der Waals surface area contributed by atoms with Crippen LogP contribution >= 0.6 is 0 Å². The molecule has 1 aliphatic heterocycles. The molecule has 0 unspecified atom stereocenters. The van der Waals surface area contributed by atoms with E-state index < -0.39 is 9.84 Å². The van der Waals surface area contributed by atoms with Gasteiger partial charge in [0.2, 0.25) is 0 Å². The minimum absolute atomic E-state index is 0.0138. The molecule has 1 aliphatic carbocycles.